The van der Waals surface area contributed by atoms with Crippen molar-refractivity contribution < 1.29 is 8.42 Å². The molecule has 0 amide bonds. The molecule has 0 radical (unpaired) electrons. The second-order valence-corrected chi connectivity index (χ2v) is 7.81. The van der Waals surface area contributed by atoms with Gasteiger partial charge in [-0.05, 0) is 37.6 Å². The molecule has 5 nitrogen and oxygen atoms in total. The lowest BCUT2D eigenvalue weighted by Crippen LogP contribution is -2.26. The zero-order chi connectivity index (χ0) is 14.9. The fourth-order valence-electron chi connectivity index (χ4n) is 1.90. The van der Waals surface area contributed by atoms with Crippen molar-refractivity contribution in [2.75, 3.05) is 12.8 Å². The van der Waals surface area contributed by atoms with Gasteiger partial charge in [-0.1, -0.05) is 0 Å². The Labute approximate surface area is 123 Å². The molecule has 0 atom stereocenters. The van der Waals surface area contributed by atoms with Crippen LogP contribution >= 0.6 is 11.3 Å². The van der Waals surface area contributed by atoms with Crippen LogP contribution in [0.1, 0.15) is 16.3 Å². The van der Waals surface area contributed by atoms with Crippen LogP contribution in [-0.4, -0.2) is 24.8 Å². The van der Waals surface area contributed by atoms with Gasteiger partial charge in [0, 0.05) is 18.1 Å². The van der Waals surface area contributed by atoms with Crippen LogP contribution in [-0.2, 0) is 16.6 Å². The second kappa shape index (κ2) is 5.51. The number of aryl methyl sites for hydroxylation is 2. The van der Waals surface area contributed by atoms with Gasteiger partial charge in [-0.15, -0.1) is 11.3 Å². The summed E-state index contributed by atoms with van der Waals surface area (Å²) < 4.78 is 26.3. The van der Waals surface area contributed by atoms with Gasteiger partial charge < -0.3 is 5.73 Å². The first-order valence-corrected chi connectivity index (χ1v) is 8.35. The van der Waals surface area contributed by atoms with E-state index < -0.39 is 10.0 Å². The molecule has 1 heterocycles. The standard InChI is InChI=1S/C13H17N3O2S2/c1-9-4-11(14)6-13(5-9)20(17,18)16(3)7-12-8-19-10(2)15-12/h4-6,8H,7,14H2,1-3H3. The molecule has 1 aromatic carbocycles. The van der Waals surface area contributed by atoms with Crippen LogP contribution in [0.4, 0.5) is 5.69 Å². The monoisotopic (exact) mass is 311 g/mol. The van der Waals surface area contributed by atoms with Crippen molar-refractivity contribution in [3.05, 3.63) is 39.8 Å². The average Bonchev–Trinajstić information content (AvgIpc) is 2.73. The molecule has 1 aromatic heterocycles. The van der Waals surface area contributed by atoms with Crippen LogP contribution in [0.5, 0.6) is 0 Å². The molecule has 2 N–H and O–H groups in total. The Bertz CT molecular complexity index is 703. The first-order valence-electron chi connectivity index (χ1n) is 6.03. The number of aromatic nitrogens is 1. The summed E-state index contributed by atoms with van der Waals surface area (Å²) >= 11 is 1.51. The van der Waals surface area contributed by atoms with Crippen LogP contribution in [0.2, 0.25) is 0 Å². The van der Waals surface area contributed by atoms with Crippen LogP contribution < -0.4 is 5.73 Å². The number of thiazole rings is 1. The van der Waals surface area contributed by atoms with Crippen molar-refractivity contribution in [1.82, 2.24) is 9.29 Å². The van der Waals surface area contributed by atoms with E-state index in [2.05, 4.69) is 4.98 Å². The Hall–Kier alpha value is -1.44. The maximum Gasteiger partial charge on any atom is 0.243 e. The number of nitrogens with two attached hydrogens (primary N) is 1. The molecule has 2 rings (SSSR count). The highest BCUT2D eigenvalue weighted by Gasteiger charge is 2.22. The summed E-state index contributed by atoms with van der Waals surface area (Å²) in [6.45, 7) is 3.96. The highest BCUT2D eigenvalue weighted by Crippen LogP contribution is 2.21. The highest BCUT2D eigenvalue weighted by atomic mass is 32.2. The zero-order valence-electron chi connectivity index (χ0n) is 11.6. The smallest absolute Gasteiger partial charge is 0.243 e. The van der Waals surface area contributed by atoms with E-state index in [1.165, 1.54) is 21.7 Å². The Kier molecular flexibility index (Phi) is 4.12. The van der Waals surface area contributed by atoms with E-state index >= 15 is 0 Å². The molecule has 20 heavy (non-hydrogen) atoms. The van der Waals surface area contributed by atoms with Crippen LogP contribution in [0.25, 0.3) is 0 Å². The summed E-state index contributed by atoms with van der Waals surface area (Å²) in [6, 6.07) is 4.84. The number of nitrogen functional groups attached to an aromatic ring is 1. The van der Waals surface area contributed by atoms with Gasteiger partial charge in [0.05, 0.1) is 22.1 Å². The molecule has 0 saturated heterocycles. The van der Waals surface area contributed by atoms with Crippen molar-refractivity contribution in [2.45, 2.75) is 25.3 Å². The summed E-state index contributed by atoms with van der Waals surface area (Å²) in [5, 5.41) is 2.79. The number of nitrogens with zero attached hydrogens (tertiary/aromatic N) is 2. The number of anilines is 1. The Balaban J connectivity index is 2.29. The van der Waals surface area contributed by atoms with Crippen molar-refractivity contribution >= 4 is 27.0 Å². The van der Waals surface area contributed by atoms with Crippen LogP contribution in [0.15, 0.2) is 28.5 Å². The molecule has 2 aromatic rings. The quantitative estimate of drug-likeness (QED) is 0.878. The second-order valence-electron chi connectivity index (χ2n) is 4.70. The van der Waals surface area contributed by atoms with Gasteiger partial charge in [0.2, 0.25) is 10.0 Å². The molecular formula is C13H17N3O2S2. The van der Waals surface area contributed by atoms with Crippen molar-refractivity contribution in [1.29, 1.82) is 0 Å². The Morgan fingerprint density at radius 2 is 2.00 bits per heavy atom. The molecule has 0 aliphatic heterocycles. The minimum atomic E-state index is -3.55. The number of rotatable bonds is 4. The minimum absolute atomic E-state index is 0.212. The molecule has 0 aliphatic rings. The summed E-state index contributed by atoms with van der Waals surface area (Å²) in [4.78, 5) is 4.49. The van der Waals surface area contributed by atoms with Gasteiger partial charge in [0.25, 0.3) is 0 Å². The van der Waals surface area contributed by atoms with Gasteiger partial charge in [-0.3, -0.25) is 0 Å². The lowest BCUT2D eigenvalue weighted by molar-refractivity contribution is 0.463. The SMILES string of the molecule is Cc1cc(N)cc(S(=O)(=O)N(C)Cc2csc(C)n2)c1. The fourth-order valence-corrected chi connectivity index (χ4v) is 3.79. The van der Waals surface area contributed by atoms with Gasteiger partial charge >= 0.3 is 0 Å². The summed E-state index contributed by atoms with van der Waals surface area (Å²) in [7, 11) is -2.01. The topological polar surface area (TPSA) is 76.3 Å². The lowest BCUT2D eigenvalue weighted by Gasteiger charge is -2.16. The molecular weight excluding hydrogens is 294 g/mol. The van der Waals surface area contributed by atoms with Gasteiger partial charge in [-0.2, -0.15) is 4.31 Å². The van der Waals surface area contributed by atoms with Gasteiger partial charge in [0.15, 0.2) is 0 Å². The van der Waals surface area contributed by atoms with E-state index in [4.69, 9.17) is 5.73 Å². The molecule has 0 bridgehead atoms. The van der Waals surface area contributed by atoms with Gasteiger partial charge in [-0.25, -0.2) is 13.4 Å². The average molecular weight is 311 g/mol. The van der Waals surface area contributed by atoms with E-state index in [0.29, 0.717) is 5.69 Å². The maximum atomic E-state index is 12.5. The van der Waals surface area contributed by atoms with Crippen molar-refractivity contribution in [3.8, 4) is 0 Å². The Morgan fingerprint density at radius 3 is 2.55 bits per heavy atom. The van der Waals surface area contributed by atoms with Crippen LogP contribution in [0.3, 0.4) is 0 Å². The van der Waals surface area contributed by atoms with E-state index in [9.17, 15) is 8.42 Å². The van der Waals surface area contributed by atoms with E-state index in [-0.39, 0.29) is 11.4 Å². The largest absolute Gasteiger partial charge is 0.399 e. The van der Waals surface area contributed by atoms with E-state index in [1.807, 2.05) is 19.2 Å². The number of sulfonamides is 1. The van der Waals surface area contributed by atoms with Gasteiger partial charge in [0.1, 0.15) is 0 Å². The first kappa shape index (κ1) is 15.0. The van der Waals surface area contributed by atoms with E-state index in [1.54, 1.807) is 19.2 Å². The lowest BCUT2D eigenvalue weighted by atomic mass is 10.2. The number of hydrogen-bond acceptors (Lipinski definition) is 5. The summed E-state index contributed by atoms with van der Waals surface area (Å²) in [6.07, 6.45) is 0. The van der Waals surface area contributed by atoms with Crippen LogP contribution in [0, 0.1) is 13.8 Å². The third kappa shape index (κ3) is 3.17. The fraction of sp³-hybridized carbons (Fsp3) is 0.308. The third-order valence-electron chi connectivity index (χ3n) is 2.83. The highest BCUT2D eigenvalue weighted by molar-refractivity contribution is 7.89. The molecule has 0 spiro atoms. The molecule has 0 aliphatic carbocycles. The first-order chi connectivity index (χ1) is 9.29. The number of benzene rings is 1. The molecule has 0 saturated carbocycles. The van der Waals surface area contributed by atoms with Crippen molar-refractivity contribution in [2.24, 2.45) is 0 Å². The predicted octanol–water partition coefficient (Wildman–Crippen LogP) is 2.16. The summed E-state index contributed by atoms with van der Waals surface area (Å²) in [5.41, 5.74) is 7.73. The number of hydrogen-bond donors (Lipinski definition) is 1. The normalized spacial score (nSPS) is 12.0. The predicted molar refractivity (Wildman–Crippen MR) is 81.1 cm³/mol. The zero-order valence-corrected chi connectivity index (χ0v) is 13.3. The molecule has 108 valence electrons. The van der Waals surface area contributed by atoms with E-state index in [0.717, 1.165) is 16.3 Å². The Morgan fingerprint density at radius 1 is 1.30 bits per heavy atom. The molecule has 0 fully saturated rings. The third-order valence-corrected chi connectivity index (χ3v) is 5.44. The van der Waals surface area contributed by atoms with Crippen molar-refractivity contribution in [3.63, 3.8) is 0 Å². The summed E-state index contributed by atoms with van der Waals surface area (Å²) in [5.74, 6) is 0. The maximum absolute atomic E-state index is 12.5. The molecule has 0 unspecified atom stereocenters. The minimum Gasteiger partial charge on any atom is -0.399 e. The molecule has 7 heteroatoms.